The Morgan fingerprint density at radius 3 is 2.72 bits per heavy atom. The molecule has 2 heterocycles. The van der Waals surface area contributed by atoms with E-state index in [1.165, 1.54) is 19.3 Å². The average molecular weight is 256 g/mol. The molecule has 4 nitrogen and oxygen atoms in total. The SMILES string of the molecule is C[C@]12CCC3(C[C@@H]1CC[C@H](CCO)[NH2+]2)OCCO3. The number of ether oxygens (including phenoxy) is 2. The predicted molar refractivity (Wildman–Crippen MR) is 67.0 cm³/mol. The van der Waals surface area contributed by atoms with Gasteiger partial charge in [0.05, 0.1) is 24.8 Å². The van der Waals surface area contributed by atoms with Crippen molar-refractivity contribution >= 4 is 0 Å². The lowest BCUT2D eigenvalue weighted by molar-refractivity contribution is -0.774. The molecule has 1 aliphatic carbocycles. The molecule has 0 unspecified atom stereocenters. The molecule has 1 spiro atoms. The first-order valence-corrected chi connectivity index (χ1v) is 7.41. The summed E-state index contributed by atoms with van der Waals surface area (Å²) in [6, 6.07) is 0.607. The highest BCUT2D eigenvalue weighted by molar-refractivity contribution is 4.96. The van der Waals surface area contributed by atoms with Crippen LogP contribution in [0.5, 0.6) is 0 Å². The lowest BCUT2D eigenvalue weighted by Crippen LogP contribution is -3.04. The zero-order valence-electron chi connectivity index (χ0n) is 11.4. The Kier molecular flexibility index (Phi) is 3.39. The van der Waals surface area contributed by atoms with Gasteiger partial charge in [0.2, 0.25) is 0 Å². The van der Waals surface area contributed by atoms with Crippen LogP contribution in [-0.4, -0.2) is 42.3 Å². The minimum atomic E-state index is -0.248. The van der Waals surface area contributed by atoms with Crippen molar-refractivity contribution in [3.63, 3.8) is 0 Å². The molecule has 3 atom stereocenters. The van der Waals surface area contributed by atoms with Gasteiger partial charge in [0.1, 0.15) is 0 Å². The third kappa shape index (κ3) is 2.20. The molecule has 3 aliphatic rings. The number of nitrogens with two attached hydrogens (primary N) is 1. The van der Waals surface area contributed by atoms with Gasteiger partial charge in [0.15, 0.2) is 5.79 Å². The van der Waals surface area contributed by atoms with Crippen LogP contribution in [0.3, 0.4) is 0 Å². The zero-order valence-corrected chi connectivity index (χ0v) is 11.4. The van der Waals surface area contributed by atoms with Gasteiger partial charge >= 0.3 is 0 Å². The summed E-state index contributed by atoms with van der Waals surface area (Å²) in [6.45, 7) is 4.24. The van der Waals surface area contributed by atoms with E-state index in [-0.39, 0.29) is 5.79 Å². The van der Waals surface area contributed by atoms with Crippen molar-refractivity contribution in [2.45, 2.75) is 62.8 Å². The zero-order chi connectivity index (χ0) is 12.6. The molecule has 0 aromatic rings. The number of rotatable bonds is 2. The van der Waals surface area contributed by atoms with Gasteiger partial charge in [0, 0.05) is 38.2 Å². The van der Waals surface area contributed by atoms with Gasteiger partial charge < -0.3 is 19.9 Å². The van der Waals surface area contributed by atoms with E-state index in [4.69, 9.17) is 14.6 Å². The van der Waals surface area contributed by atoms with Crippen LogP contribution in [0.25, 0.3) is 0 Å². The molecule has 2 saturated heterocycles. The molecule has 3 fully saturated rings. The fraction of sp³-hybridized carbons (Fsp3) is 1.00. The number of fused-ring (bicyclic) bond motifs is 1. The third-order valence-corrected chi connectivity index (χ3v) is 5.35. The number of piperidine rings is 1. The topological polar surface area (TPSA) is 55.3 Å². The fourth-order valence-corrected chi connectivity index (χ4v) is 4.22. The molecular weight excluding hydrogens is 230 g/mol. The molecule has 1 saturated carbocycles. The third-order valence-electron chi connectivity index (χ3n) is 5.35. The van der Waals surface area contributed by atoms with Crippen LogP contribution in [0.4, 0.5) is 0 Å². The predicted octanol–water partition coefficient (Wildman–Crippen LogP) is 0.397. The summed E-state index contributed by atoms with van der Waals surface area (Å²) in [6.07, 6.45) is 6.66. The second kappa shape index (κ2) is 4.75. The Morgan fingerprint density at radius 2 is 2.00 bits per heavy atom. The highest BCUT2D eigenvalue weighted by Crippen LogP contribution is 2.45. The Hall–Kier alpha value is -0.160. The standard InChI is InChI=1S/C14H25NO3/c1-13-5-6-14(17-8-9-18-14)10-11(13)2-3-12(15-13)4-7-16/h11-12,15-16H,2-10H2,1H3/p+1/t11-,12+,13-/m0/s1. The monoisotopic (exact) mass is 256 g/mol. The van der Waals surface area contributed by atoms with Crippen LogP contribution in [0.15, 0.2) is 0 Å². The molecule has 18 heavy (non-hydrogen) atoms. The Bertz CT molecular complexity index is 303. The van der Waals surface area contributed by atoms with Gasteiger partial charge in [-0.15, -0.1) is 0 Å². The van der Waals surface area contributed by atoms with E-state index < -0.39 is 0 Å². The number of aliphatic hydroxyl groups excluding tert-OH is 1. The number of aliphatic hydroxyl groups is 1. The van der Waals surface area contributed by atoms with Gasteiger partial charge in [-0.1, -0.05) is 0 Å². The second-order valence-corrected chi connectivity index (χ2v) is 6.53. The van der Waals surface area contributed by atoms with Crippen molar-refractivity contribution in [2.24, 2.45) is 5.92 Å². The Morgan fingerprint density at radius 1 is 1.22 bits per heavy atom. The van der Waals surface area contributed by atoms with Crippen molar-refractivity contribution < 1.29 is 19.9 Å². The summed E-state index contributed by atoms with van der Waals surface area (Å²) in [7, 11) is 0. The van der Waals surface area contributed by atoms with Crippen LogP contribution in [0, 0.1) is 5.92 Å². The Labute approximate surface area is 109 Å². The minimum absolute atomic E-state index is 0.248. The van der Waals surface area contributed by atoms with Gasteiger partial charge in [-0.25, -0.2) is 0 Å². The molecule has 3 rings (SSSR count). The van der Waals surface area contributed by atoms with Crippen LogP contribution >= 0.6 is 0 Å². The fourth-order valence-electron chi connectivity index (χ4n) is 4.22. The quantitative estimate of drug-likeness (QED) is 0.752. The van der Waals surface area contributed by atoms with Crippen molar-refractivity contribution in [2.75, 3.05) is 19.8 Å². The van der Waals surface area contributed by atoms with E-state index in [9.17, 15) is 0 Å². The van der Waals surface area contributed by atoms with E-state index in [0.717, 1.165) is 32.5 Å². The van der Waals surface area contributed by atoms with Gasteiger partial charge in [-0.05, 0) is 19.8 Å². The van der Waals surface area contributed by atoms with Crippen molar-refractivity contribution in [1.29, 1.82) is 0 Å². The first-order chi connectivity index (χ1) is 8.66. The average Bonchev–Trinajstić information content (AvgIpc) is 2.80. The molecule has 0 radical (unpaired) electrons. The minimum Gasteiger partial charge on any atom is -0.396 e. The van der Waals surface area contributed by atoms with Gasteiger partial charge in [-0.3, -0.25) is 0 Å². The van der Waals surface area contributed by atoms with E-state index in [0.29, 0.717) is 24.1 Å². The molecule has 0 amide bonds. The summed E-state index contributed by atoms with van der Waals surface area (Å²) in [5.41, 5.74) is 0.332. The van der Waals surface area contributed by atoms with E-state index >= 15 is 0 Å². The molecule has 0 aromatic heterocycles. The maximum Gasteiger partial charge on any atom is 0.169 e. The van der Waals surface area contributed by atoms with E-state index in [2.05, 4.69) is 12.2 Å². The van der Waals surface area contributed by atoms with Crippen LogP contribution in [0.2, 0.25) is 0 Å². The molecule has 4 heteroatoms. The van der Waals surface area contributed by atoms with Crippen molar-refractivity contribution in [3.8, 4) is 0 Å². The summed E-state index contributed by atoms with van der Waals surface area (Å²) in [5.74, 6) is 0.446. The van der Waals surface area contributed by atoms with Crippen LogP contribution in [-0.2, 0) is 9.47 Å². The highest BCUT2D eigenvalue weighted by atomic mass is 16.7. The largest absolute Gasteiger partial charge is 0.396 e. The van der Waals surface area contributed by atoms with Crippen LogP contribution in [0.1, 0.15) is 45.4 Å². The molecule has 104 valence electrons. The number of hydrogen-bond donors (Lipinski definition) is 2. The lowest BCUT2D eigenvalue weighted by atomic mass is 9.66. The normalized spacial score (nSPS) is 43.0. The number of quaternary nitrogens is 1. The van der Waals surface area contributed by atoms with Gasteiger partial charge in [0.25, 0.3) is 0 Å². The first-order valence-electron chi connectivity index (χ1n) is 7.41. The molecule has 2 aliphatic heterocycles. The highest BCUT2D eigenvalue weighted by Gasteiger charge is 2.54. The summed E-state index contributed by atoms with van der Waals surface area (Å²) < 4.78 is 11.7. The lowest BCUT2D eigenvalue weighted by Gasteiger charge is -2.50. The molecule has 0 bridgehead atoms. The first kappa shape index (κ1) is 12.9. The maximum absolute atomic E-state index is 9.11. The maximum atomic E-state index is 9.11. The van der Waals surface area contributed by atoms with Crippen molar-refractivity contribution in [1.82, 2.24) is 0 Å². The van der Waals surface area contributed by atoms with E-state index in [1.54, 1.807) is 0 Å². The van der Waals surface area contributed by atoms with E-state index in [1.807, 2.05) is 0 Å². The molecule has 0 aromatic carbocycles. The Balaban J connectivity index is 1.67. The van der Waals surface area contributed by atoms with Crippen LogP contribution < -0.4 is 5.32 Å². The molecular formula is C14H26NO3+. The molecule has 3 N–H and O–H groups in total. The van der Waals surface area contributed by atoms with Gasteiger partial charge in [-0.2, -0.15) is 0 Å². The summed E-state index contributed by atoms with van der Waals surface area (Å²) >= 11 is 0. The number of hydrogen-bond acceptors (Lipinski definition) is 3. The summed E-state index contributed by atoms with van der Waals surface area (Å²) in [4.78, 5) is 0. The second-order valence-electron chi connectivity index (χ2n) is 6.53. The smallest absolute Gasteiger partial charge is 0.169 e. The van der Waals surface area contributed by atoms with Crippen molar-refractivity contribution in [3.05, 3.63) is 0 Å². The summed E-state index contributed by atoms with van der Waals surface area (Å²) in [5, 5.41) is 11.6.